The van der Waals surface area contributed by atoms with Crippen molar-refractivity contribution < 1.29 is 0 Å². The number of nitrogens with zero attached hydrogens (tertiary/aromatic N) is 3. The van der Waals surface area contributed by atoms with Gasteiger partial charge in [0.1, 0.15) is 11.0 Å². The number of anilines is 3. The molecule has 0 N–H and O–H groups in total. The smallest absolute Gasteiger partial charge is 0.108 e. The van der Waals surface area contributed by atoms with Crippen molar-refractivity contribution in [3.05, 3.63) is 139 Å². The van der Waals surface area contributed by atoms with E-state index in [1.165, 1.54) is 43.0 Å². The molecule has 0 spiro atoms. The highest BCUT2D eigenvalue weighted by atomic mass is 32.1. The van der Waals surface area contributed by atoms with Gasteiger partial charge in [-0.2, -0.15) is 0 Å². The highest BCUT2D eigenvalue weighted by Crippen LogP contribution is 2.88. The Bertz CT molecular complexity index is 2230. The van der Waals surface area contributed by atoms with Crippen LogP contribution >= 0.6 is 11.3 Å². The molecule has 0 aliphatic heterocycles. The van der Waals surface area contributed by atoms with Gasteiger partial charge in [-0.3, -0.25) is 0 Å². The molecule has 216 valence electrons. The fraction of sp³-hybridized carbons (Fsp3) is 0.171. The fourth-order valence-corrected chi connectivity index (χ4v) is 9.92. The van der Waals surface area contributed by atoms with E-state index >= 15 is 0 Å². The standard InChI is InChI=1S/C41H31N3S/c1-24-32-33-34(41(24,33)2)36-35(32)42-37-38(43-36)40(28-18-17-25-11-9-10-12-27(25)23-28)45-39(37)26-19-21-31(22-20-26)44(29-13-5-3-6-14-29)30-15-7-4-8-16-30/h3-24,32-34H,1-2H3. The lowest BCUT2D eigenvalue weighted by molar-refractivity contribution is 0.143. The van der Waals surface area contributed by atoms with E-state index in [2.05, 4.69) is 146 Å². The molecule has 0 amide bonds. The second-order valence-electron chi connectivity index (χ2n) is 13.3. The lowest BCUT2D eigenvalue weighted by Gasteiger charge is -2.41. The predicted molar refractivity (Wildman–Crippen MR) is 187 cm³/mol. The second kappa shape index (κ2) is 9.12. The molecular formula is C41H31N3S. The third-order valence-electron chi connectivity index (χ3n) is 11.2. The van der Waals surface area contributed by atoms with Gasteiger partial charge in [-0.15, -0.1) is 11.3 Å². The molecule has 3 aliphatic rings. The van der Waals surface area contributed by atoms with Crippen LogP contribution in [0.3, 0.4) is 0 Å². The van der Waals surface area contributed by atoms with E-state index < -0.39 is 0 Å². The summed E-state index contributed by atoms with van der Waals surface area (Å²) >= 11 is 1.84. The van der Waals surface area contributed by atoms with Crippen LogP contribution in [0.15, 0.2) is 127 Å². The molecule has 0 radical (unpaired) electrons. The maximum Gasteiger partial charge on any atom is 0.108 e. The number of thiophene rings is 1. The van der Waals surface area contributed by atoms with Crippen LogP contribution in [-0.2, 0) is 0 Å². The van der Waals surface area contributed by atoms with Gasteiger partial charge in [0.15, 0.2) is 0 Å². The summed E-state index contributed by atoms with van der Waals surface area (Å²) in [5, 5.41) is 2.51. The molecule has 2 aromatic heterocycles. The lowest BCUT2D eigenvalue weighted by atomic mass is 9.63. The SMILES string of the molecule is CC1C2c3nc4c(-c5ccc(N(c6ccccc6)c6ccccc6)cc5)sc(-c5ccc6ccccc6c5)c4nc3C3C2C13C. The summed E-state index contributed by atoms with van der Waals surface area (Å²) in [4.78, 5) is 15.8. The topological polar surface area (TPSA) is 29.0 Å². The molecule has 5 unspecified atom stereocenters. The quantitative estimate of drug-likeness (QED) is 0.198. The summed E-state index contributed by atoms with van der Waals surface area (Å²) in [5.41, 5.74) is 10.9. The van der Waals surface area contributed by atoms with Crippen LogP contribution in [0.2, 0.25) is 0 Å². The maximum absolute atomic E-state index is 5.51. The van der Waals surface area contributed by atoms with Crippen LogP contribution in [0.4, 0.5) is 17.1 Å². The van der Waals surface area contributed by atoms with Gasteiger partial charge >= 0.3 is 0 Å². The van der Waals surface area contributed by atoms with E-state index in [1.54, 1.807) is 0 Å². The number of para-hydroxylation sites is 2. The zero-order valence-corrected chi connectivity index (χ0v) is 26.0. The van der Waals surface area contributed by atoms with E-state index in [-0.39, 0.29) is 0 Å². The first-order valence-electron chi connectivity index (χ1n) is 16.0. The maximum atomic E-state index is 5.51. The third-order valence-corrected chi connectivity index (χ3v) is 12.4. The Morgan fingerprint density at radius 3 is 1.84 bits per heavy atom. The zero-order valence-electron chi connectivity index (χ0n) is 25.2. The predicted octanol–water partition coefficient (Wildman–Crippen LogP) is 11.1. The van der Waals surface area contributed by atoms with E-state index in [0.717, 1.165) is 34.0 Å². The van der Waals surface area contributed by atoms with Crippen molar-refractivity contribution in [2.24, 2.45) is 17.3 Å². The first-order chi connectivity index (χ1) is 22.1. The molecule has 7 aromatic rings. The minimum Gasteiger partial charge on any atom is -0.311 e. The first-order valence-corrected chi connectivity index (χ1v) is 16.8. The van der Waals surface area contributed by atoms with Crippen LogP contribution in [0, 0.1) is 17.3 Å². The summed E-state index contributed by atoms with van der Waals surface area (Å²) in [7, 11) is 0. The molecule has 2 saturated carbocycles. The number of benzene rings is 5. The average Bonchev–Trinajstić information content (AvgIpc) is 3.32. The Morgan fingerprint density at radius 2 is 1.16 bits per heavy atom. The molecule has 3 nitrogen and oxygen atoms in total. The van der Waals surface area contributed by atoms with Crippen molar-refractivity contribution in [1.29, 1.82) is 0 Å². The zero-order chi connectivity index (χ0) is 29.9. The molecule has 0 bridgehead atoms. The van der Waals surface area contributed by atoms with Crippen molar-refractivity contribution in [2.75, 3.05) is 4.90 Å². The number of hydrogen-bond acceptors (Lipinski definition) is 4. The van der Waals surface area contributed by atoms with E-state index in [9.17, 15) is 0 Å². The largest absolute Gasteiger partial charge is 0.311 e. The van der Waals surface area contributed by atoms with Gasteiger partial charge in [-0.1, -0.05) is 98.8 Å². The average molecular weight is 598 g/mol. The number of rotatable bonds is 5. The summed E-state index contributed by atoms with van der Waals surface area (Å²) in [6.07, 6.45) is 0. The second-order valence-corrected chi connectivity index (χ2v) is 14.3. The van der Waals surface area contributed by atoms with Crippen molar-refractivity contribution >= 4 is 50.2 Å². The summed E-state index contributed by atoms with van der Waals surface area (Å²) in [6, 6.07) is 45.6. The monoisotopic (exact) mass is 597 g/mol. The van der Waals surface area contributed by atoms with E-state index in [4.69, 9.17) is 9.97 Å². The summed E-state index contributed by atoms with van der Waals surface area (Å²) in [6.45, 7) is 4.90. The number of fused-ring (bicyclic) bond motifs is 6. The van der Waals surface area contributed by atoms with Gasteiger partial charge in [0.2, 0.25) is 0 Å². The van der Waals surface area contributed by atoms with Crippen LogP contribution in [0.25, 0.3) is 42.7 Å². The van der Waals surface area contributed by atoms with E-state index in [0.29, 0.717) is 23.2 Å². The molecule has 5 aromatic carbocycles. The Kier molecular flexibility index (Phi) is 5.17. The highest BCUT2D eigenvalue weighted by Gasteiger charge is 2.82. The molecule has 5 atom stereocenters. The summed E-state index contributed by atoms with van der Waals surface area (Å²) < 4.78 is 0. The van der Waals surface area contributed by atoms with Gasteiger partial charge in [0, 0.05) is 28.9 Å². The molecular weight excluding hydrogens is 567 g/mol. The van der Waals surface area contributed by atoms with Gasteiger partial charge in [-0.25, -0.2) is 9.97 Å². The lowest BCUT2D eigenvalue weighted by Crippen LogP contribution is -2.35. The minimum absolute atomic E-state index is 0.432. The Morgan fingerprint density at radius 1 is 0.600 bits per heavy atom. The Hall–Kier alpha value is -4.80. The van der Waals surface area contributed by atoms with Crippen LogP contribution < -0.4 is 4.90 Å². The van der Waals surface area contributed by atoms with Crippen molar-refractivity contribution in [1.82, 2.24) is 9.97 Å². The molecule has 2 heterocycles. The van der Waals surface area contributed by atoms with Crippen LogP contribution in [0.5, 0.6) is 0 Å². The van der Waals surface area contributed by atoms with Gasteiger partial charge < -0.3 is 4.90 Å². The molecule has 2 fully saturated rings. The Balaban J connectivity index is 1.13. The van der Waals surface area contributed by atoms with Gasteiger partial charge in [0.25, 0.3) is 0 Å². The molecule has 45 heavy (non-hydrogen) atoms. The molecule has 4 heteroatoms. The van der Waals surface area contributed by atoms with Crippen molar-refractivity contribution in [3.63, 3.8) is 0 Å². The van der Waals surface area contributed by atoms with Crippen molar-refractivity contribution in [2.45, 2.75) is 25.7 Å². The highest BCUT2D eigenvalue weighted by molar-refractivity contribution is 7.20. The van der Waals surface area contributed by atoms with Crippen LogP contribution in [-0.4, -0.2) is 9.97 Å². The van der Waals surface area contributed by atoms with Crippen LogP contribution in [0.1, 0.15) is 37.1 Å². The fourth-order valence-electron chi connectivity index (χ4n) is 8.73. The van der Waals surface area contributed by atoms with Gasteiger partial charge in [0.05, 0.1) is 21.1 Å². The Labute approximate surface area is 266 Å². The minimum atomic E-state index is 0.432. The first kappa shape index (κ1) is 25.5. The summed E-state index contributed by atoms with van der Waals surface area (Å²) in [5.74, 6) is 2.58. The molecule has 10 rings (SSSR count). The molecule has 0 saturated heterocycles. The third kappa shape index (κ3) is 3.46. The van der Waals surface area contributed by atoms with Gasteiger partial charge in [-0.05, 0) is 81.6 Å². The number of hydrogen-bond donors (Lipinski definition) is 0. The van der Waals surface area contributed by atoms with Crippen molar-refractivity contribution in [3.8, 4) is 20.9 Å². The van der Waals surface area contributed by atoms with E-state index in [1.807, 2.05) is 11.3 Å². The molecule has 3 aliphatic carbocycles. The number of aromatic nitrogens is 2. The normalized spacial score (nSPS) is 23.9.